The summed E-state index contributed by atoms with van der Waals surface area (Å²) in [5.41, 5.74) is 3.37. The molecule has 0 aromatic heterocycles. The first-order valence-corrected chi connectivity index (χ1v) is 14.0. The number of carbonyl (C=O) groups is 1. The first-order valence-electron chi connectivity index (χ1n) is 14.0. The number of ether oxygens (including phenoxy) is 1. The van der Waals surface area contributed by atoms with Crippen LogP contribution in [0.3, 0.4) is 0 Å². The van der Waals surface area contributed by atoms with Gasteiger partial charge in [-0.15, -0.1) is 0 Å². The highest BCUT2D eigenvalue weighted by Crippen LogP contribution is 2.41. The van der Waals surface area contributed by atoms with Crippen molar-refractivity contribution in [1.29, 1.82) is 5.26 Å². The van der Waals surface area contributed by atoms with Crippen molar-refractivity contribution in [2.24, 2.45) is 0 Å². The summed E-state index contributed by atoms with van der Waals surface area (Å²) in [7, 11) is 0. The summed E-state index contributed by atoms with van der Waals surface area (Å²) in [6.07, 6.45) is 16.7. The van der Waals surface area contributed by atoms with Crippen LogP contribution in [0.1, 0.15) is 120 Å². The van der Waals surface area contributed by atoms with Crippen molar-refractivity contribution in [1.82, 2.24) is 0 Å². The summed E-state index contributed by atoms with van der Waals surface area (Å²) < 4.78 is 5.99. The van der Waals surface area contributed by atoms with E-state index in [4.69, 9.17) is 4.74 Å². The second-order valence-corrected chi connectivity index (χ2v) is 10.3. The predicted octanol–water partition coefficient (Wildman–Crippen LogP) is 8.61. The minimum absolute atomic E-state index is 0.209. The van der Waals surface area contributed by atoms with E-state index in [1.54, 1.807) is 0 Å². The molecule has 0 spiro atoms. The molecule has 3 heteroatoms. The van der Waals surface area contributed by atoms with Gasteiger partial charge >= 0.3 is 5.97 Å². The van der Waals surface area contributed by atoms with Crippen LogP contribution >= 0.6 is 0 Å². The van der Waals surface area contributed by atoms with Gasteiger partial charge in [0.15, 0.2) is 0 Å². The zero-order valence-electron chi connectivity index (χ0n) is 21.9. The molecule has 1 aliphatic carbocycles. The van der Waals surface area contributed by atoms with Crippen LogP contribution in [0.15, 0.2) is 42.5 Å². The number of hydrogen-bond acceptors (Lipinski definition) is 3. The zero-order chi connectivity index (χ0) is 24.9. The molecular formula is C32H43NO2. The molecule has 2 aromatic carbocycles. The maximum Gasteiger partial charge on any atom is 0.321 e. The van der Waals surface area contributed by atoms with Gasteiger partial charge in [0.2, 0.25) is 0 Å². The topological polar surface area (TPSA) is 50.1 Å². The molecule has 1 fully saturated rings. The van der Waals surface area contributed by atoms with Crippen molar-refractivity contribution in [3.8, 4) is 11.8 Å². The summed E-state index contributed by atoms with van der Waals surface area (Å²) in [4.78, 5) is 13.7. The number of esters is 1. The van der Waals surface area contributed by atoms with Crippen molar-refractivity contribution < 1.29 is 9.53 Å². The van der Waals surface area contributed by atoms with Gasteiger partial charge in [0.25, 0.3) is 0 Å². The second-order valence-electron chi connectivity index (χ2n) is 10.3. The molecule has 35 heavy (non-hydrogen) atoms. The minimum Gasteiger partial charge on any atom is -0.424 e. The fourth-order valence-electron chi connectivity index (χ4n) is 5.37. The molecule has 0 saturated heterocycles. The van der Waals surface area contributed by atoms with E-state index < -0.39 is 5.41 Å². The third kappa shape index (κ3) is 7.44. The lowest BCUT2D eigenvalue weighted by Gasteiger charge is -2.35. The van der Waals surface area contributed by atoms with Gasteiger partial charge in [-0.1, -0.05) is 102 Å². The summed E-state index contributed by atoms with van der Waals surface area (Å²) in [6.45, 7) is 4.43. The van der Waals surface area contributed by atoms with Gasteiger partial charge in [-0.25, -0.2) is 0 Å². The van der Waals surface area contributed by atoms with Gasteiger partial charge in [-0.05, 0) is 67.3 Å². The molecule has 0 N–H and O–H groups in total. The smallest absolute Gasteiger partial charge is 0.321 e. The quantitative estimate of drug-likeness (QED) is 0.166. The van der Waals surface area contributed by atoms with Crippen LogP contribution in [0, 0.1) is 11.3 Å². The highest BCUT2D eigenvalue weighted by atomic mass is 16.5. The van der Waals surface area contributed by atoms with Crippen LogP contribution in [0.2, 0.25) is 0 Å². The first-order chi connectivity index (χ1) is 17.1. The molecule has 0 aliphatic heterocycles. The molecule has 1 saturated carbocycles. The van der Waals surface area contributed by atoms with Crippen molar-refractivity contribution in [2.75, 3.05) is 0 Å². The summed E-state index contributed by atoms with van der Waals surface area (Å²) >= 11 is 0. The minimum atomic E-state index is -0.621. The van der Waals surface area contributed by atoms with Crippen LogP contribution in [-0.4, -0.2) is 5.97 Å². The average molecular weight is 474 g/mol. The molecule has 0 atom stereocenters. The molecule has 188 valence electrons. The van der Waals surface area contributed by atoms with Gasteiger partial charge in [-0.2, -0.15) is 5.26 Å². The monoisotopic (exact) mass is 473 g/mol. The molecule has 1 aliphatic rings. The van der Waals surface area contributed by atoms with Gasteiger partial charge in [0.05, 0.1) is 11.0 Å². The third-order valence-corrected chi connectivity index (χ3v) is 7.61. The SMILES string of the molecule is CCCCCCCc1ccc(C2(C(=O)Oc3ccc(CCCCC)cc3C#N)CCCCC2)cc1. The third-order valence-electron chi connectivity index (χ3n) is 7.61. The van der Waals surface area contributed by atoms with Gasteiger partial charge in [-0.3, -0.25) is 4.79 Å². The van der Waals surface area contributed by atoms with Crippen LogP contribution in [0.5, 0.6) is 5.75 Å². The van der Waals surface area contributed by atoms with Gasteiger partial charge in [0, 0.05) is 0 Å². The van der Waals surface area contributed by atoms with E-state index in [0.717, 1.165) is 62.5 Å². The molecule has 3 rings (SSSR count). The Bertz CT molecular complexity index is 964. The highest BCUT2D eigenvalue weighted by Gasteiger charge is 2.43. The Morgan fingerprint density at radius 3 is 2.11 bits per heavy atom. The standard InChI is InChI=1S/C32H43NO2/c1-3-5-7-8-11-14-26-16-19-29(20-17-26)32(22-12-9-13-23-32)31(34)35-30-21-18-27(15-10-6-4-2)24-28(30)25-33/h16-21,24H,3-15,22-23H2,1-2H3. The Hall–Kier alpha value is -2.60. The van der Waals surface area contributed by atoms with Crippen molar-refractivity contribution in [3.05, 3.63) is 64.7 Å². The van der Waals surface area contributed by atoms with Crippen LogP contribution in [0.4, 0.5) is 0 Å². The Labute approximate surface area is 212 Å². The average Bonchev–Trinajstić information content (AvgIpc) is 2.90. The maximum absolute atomic E-state index is 13.7. The lowest BCUT2D eigenvalue weighted by molar-refractivity contribution is -0.142. The van der Waals surface area contributed by atoms with E-state index in [9.17, 15) is 10.1 Å². The fourth-order valence-corrected chi connectivity index (χ4v) is 5.37. The first kappa shape index (κ1) is 27.0. The zero-order valence-corrected chi connectivity index (χ0v) is 21.9. The maximum atomic E-state index is 13.7. The number of nitrogens with zero attached hydrogens (tertiary/aromatic N) is 1. The van der Waals surface area contributed by atoms with E-state index in [1.165, 1.54) is 50.5 Å². The van der Waals surface area contributed by atoms with Crippen molar-refractivity contribution in [2.45, 2.75) is 116 Å². The van der Waals surface area contributed by atoms with Crippen LogP contribution in [-0.2, 0) is 23.1 Å². The molecular weight excluding hydrogens is 430 g/mol. The predicted molar refractivity (Wildman–Crippen MR) is 144 cm³/mol. The molecule has 3 nitrogen and oxygen atoms in total. The molecule has 0 heterocycles. The number of unbranched alkanes of at least 4 members (excludes halogenated alkanes) is 6. The Balaban J connectivity index is 1.73. The summed E-state index contributed by atoms with van der Waals surface area (Å²) in [6, 6.07) is 16.7. The lowest BCUT2D eigenvalue weighted by atomic mass is 9.69. The number of benzene rings is 2. The molecule has 0 amide bonds. The summed E-state index contributed by atoms with van der Waals surface area (Å²) in [5.74, 6) is 0.185. The van der Waals surface area contributed by atoms with E-state index in [1.807, 2.05) is 18.2 Å². The lowest BCUT2D eigenvalue weighted by Crippen LogP contribution is -2.41. The number of carbonyl (C=O) groups excluding carboxylic acids is 1. The van der Waals surface area contributed by atoms with Crippen LogP contribution < -0.4 is 4.74 Å². The van der Waals surface area contributed by atoms with Gasteiger partial charge in [0.1, 0.15) is 11.8 Å². The number of nitriles is 1. The Kier molecular flexibility index (Phi) is 10.9. The number of rotatable bonds is 13. The van der Waals surface area contributed by atoms with Crippen molar-refractivity contribution in [3.63, 3.8) is 0 Å². The highest BCUT2D eigenvalue weighted by molar-refractivity contribution is 5.85. The largest absolute Gasteiger partial charge is 0.424 e. The Morgan fingerprint density at radius 1 is 0.829 bits per heavy atom. The van der Waals surface area contributed by atoms with Crippen LogP contribution in [0.25, 0.3) is 0 Å². The molecule has 0 unspecified atom stereocenters. The second kappa shape index (κ2) is 14.1. The summed E-state index contributed by atoms with van der Waals surface area (Å²) in [5, 5.41) is 9.73. The molecule has 0 radical (unpaired) electrons. The Morgan fingerprint density at radius 2 is 1.43 bits per heavy atom. The molecule has 2 aromatic rings. The van der Waals surface area contributed by atoms with E-state index in [2.05, 4.69) is 44.2 Å². The number of hydrogen-bond donors (Lipinski definition) is 0. The fraction of sp³-hybridized carbons (Fsp3) is 0.562. The normalized spacial score (nSPS) is 14.9. The number of aryl methyl sites for hydroxylation is 2. The van der Waals surface area contributed by atoms with Gasteiger partial charge < -0.3 is 4.74 Å². The van der Waals surface area contributed by atoms with E-state index >= 15 is 0 Å². The van der Waals surface area contributed by atoms with Crippen molar-refractivity contribution >= 4 is 5.97 Å². The van der Waals surface area contributed by atoms with E-state index in [0.29, 0.717) is 11.3 Å². The molecule has 0 bridgehead atoms. The van der Waals surface area contributed by atoms with E-state index in [-0.39, 0.29) is 5.97 Å².